The van der Waals surface area contributed by atoms with Crippen LogP contribution < -0.4 is 11.5 Å². The van der Waals surface area contributed by atoms with E-state index in [4.69, 9.17) is 11.5 Å². The fourth-order valence-electron chi connectivity index (χ4n) is 1.54. The molecule has 0 aliphatic rings. The minimum atomic E-state index is 0.585. The van der Waals surface area contributed by atoms with Crippen molar-refractivity contribution in [1.29, 1.82) is 0 Å². The smallest absolute Gasteiger partial charge is 0.0189 e. The van der Waals surface area contributed by atoms with E-state index in [2.05, 4.69) is 24.3 Å². The van der Waals surface area contributed by atoms with Gasteiger partial charge in [-0.15, -0.1) is 0 Å². The molecule has 0 radical (unpaired) electrons. The van der Waals surface area contributed by atoms with Crippen molar-refractivity contribution < 1.29 is 0 Å². The maximum atomic E-state index is 5.63. The van der Waals surface area contributed by atoms with Crippen molar-refractivity contribution in [1.82, 2.24) is 0 Å². The van der Waals surface area contributed by atoms with Gasteiger partial charge < -0.3 is 11.5 Å². The summed E-state index contributed by atoms with van der Waals surface area (Å²) in [5.74, 6) is 0. The van der Waals surface area contributed by atoms with Gasteiger partial charge in [0.25, 0.3) is 0 Å². The summed E-state index contributed by atoms with van der Waals surface area (Å²) in [5, 5.41) is 0. The lowest BCUT2D eigenvalue weighted by Crippen LogP contribution is -1.95. The summed E-state index contributed by atoms with van der Waals surface area (Å²) in [7, 11) is 3.49. The Morgan fingerprint density at radius 3 is 1.56 bits per heavy atom. The predicted molar refractivity (Wildman–Crippen MR) is 80.4 cm³/mol. The van der Waals surface area contributed by atoms with Crippen LogP contribution in [0, 0.1) is 0 Å². The molecule has 2 aromatic rings. The summed E-state index contributed by atoms with van der Waals surface area (Å²) in [5.41, 5.74) is 13.6. The molecular formula is C14H16N2S2. The van der Waals surface area contributed by atoms with Gasteiger partial charge in [0.15, 0.2) is 0 Å². The van der Waals surface area contributed by atoms with Gasteiger partial charge >= 0.3 is 0 Å². The first-order valence-corrected chi connectivity index (χ1v) is 7.89. The predicted octanol–water partition coefficient (Wildman–Crippen LogP) is 3.40. The van der Waals surface area contributed by atoms with Gasteiger partial charge in [-0.3, -0.25) is 0 Å². The van der Waals surface area contributed by atoms with Gasteiger partial charge in [0.1, 0.15) is 0 Å². The average Bonchev–Trinajstić information content (AvgIpc) is 2.45. The molecule has 4 heteroatoms. The third-order valence-electron chi connectivity index (χ3n) is 2.50. The summed E-state index contributed by atoms with van der Waals surface area (Å²) < 4.78 is 0. The molecule has 0 saturated heterocycles. The van der Waals surface area contributed by atoms with Crippen LogP contribution in [0.1, 0.15) is 11.1 Å². The first kappa shape index (κ1) is 13.5. The second kappa shape index (κ2) is 6.85. The van der Waals surface area contributed by atoms with Crippen LogP contribution in [0.15, 0.2) is 58.3 Å². The molecule has 0 spiro atoms. The molecule has 0 aliphatic carbocycles. The molecule has 0 amide bonds. The molecule has 2 rings (SSSR count). The lowest BCUT2D eigenvalue weighted by atomic mass is 10.2. The van der Waals surface area contributed by atoms with E-state index in [0.717, 1.165) is 11.1 Å². The van der Waals surface area contributed by atoms with E-state index in [1.807, 2.05) is 24.3 Å². The molecule has 0 bridgehead atoms. The molecule has 2 aromatic carbocycles. The summed E-state index contributed by atoms with van der Waals surface area (Å²) >= 11 is 0. The Morgan fingerprint density at radius 2 is 1.17 bits per heavy atom. The van der Waals surface area contributed by atoms with Crippen LogP contribution in [0.2, 0.25) is 0 Å². The van der Waals surface area contributed by atoms with E-state index in [-0.39, 0.29) is 0 Å². The van der Waals surface area contributed by atoms with Crippen LogP contribution in [-0.2, 0) is 13.1 Å². The van der Waals surface area contributed by atoms with Gasteiger partial charge in [0.2, 0.25) is 0 Å². The van der Waals surface area contributed by atoms with Crippen LogP contribution in [-0.4, -0.2) is 0 Å². The molecule has 18 heavy (non-hydrogen) atoms. The first-order valence-electron chi connectivity index (χ1n) is 5.74. The molecule has 4 N–H and O–H groups in total. The Labute approximate surface area is 116 Å². The topological polar surface area (TPSA) is 52.0 Å². The van der Waals surface area contributed by atoms with Crippen LogP contribution in [0.25, 0.3) is 0 Å². The molecule has 0 heterocycles. The zero-order valence-electron chi connectivity index (χ0n) is 10.0. The molecule has 94 valence electrons. The lowest BCUT2D eigenvalue weighted by Gasteiger charge is -2.04. The van der Waals surface area contributed by atoms with Crippen molar-refractivity contribution >= 4 is 21.6 Å². The fraction of sp³-hybridized carbons (Fsp3) is 0.143. The molecular weight excluding hydrogens is 260 g/mol. The minimum Gasteiger partial charge on any atom is -0.326 e. The maximum Gasteiger partial charge on any atom is 0.0189 e. The number of nitrogens with two attached hydrogens (primary N) is 2. The Bertz CT molecular complexity index is 467. The number of rotatable bonds is 5. The van der Waals surface area contributed by atoms with Gasteiger partial charge in [0.05, 0.1) is 0 Å². The SMILES string of the molecule is NCc1cccc(SSc2cccc(CN)c2)c1. The van der Waals surface area contributed by atoms with Crippen LogP contribution in [0.5, 0.6) is 0 Å². The van der Waals surface area contributed by atoms with E-state index in [1.54, 1.807) is 21.6 Å². The van der Waals surface area contributed by atoms with Gasteiger partial charge in [-0.05, 0) is 35.4 Å². The van der Waals surface area contributed by atoms with E-state index in [0.29, 0.717) is 13.1 Å². The van der Waals surface area contributed by atoms with Crippen LogP contribution in [0.4, 0.5) is 0 Å². The second-order valence-electron chi connectivity index (χ2n) is 3.87. The van der Waals surface area contributed by atoms with E-state index in [1.165, 1.54) is 9.79 Å². The Hall–Kier alpha value is -0.940. The molecule has 0 saturated carbocycles. The molecule has 0 aliphatic heterocycles. The molecule has 2 nitrogen and oxygen atoms in total. The van der Waals surface area contributed by atoms with E-state index >= 15 is 0 Å². The van der Waals surface area contributed by atoms with Gasteiger partial charge in [0, 0.05) is 22.9 Å². The number of hydrogen-bond acceptors (Lipinski definition) is 4. The number of hydrogen-bond donors (Lipinski definition) is 2. The van der Waals surface area contributed by atoms with Crippen molar-refractivity contribution in [3.63, 3.8) is 0 Å². The Balaban J connectivity index is 2.01. The molecule has 0 unspecified atom stereocenters. The standard InChI is InChI=1S/C14H16N2S2/c15-9-11-3-1-5-13(7-11)17-18-14-6-2-4-12(8-14)10-16/h1-8H,9-10,15-16H2. The minimum absolute atomic E-state index is 0.585. The highest BCUT2D eigenvalue weighted by Gasteiger charge is 1.99. The highest BCUT2D eigenvalue weighted by Crippen LogP contribution is 2.37. The van der Waals surface area contributed by atoms with Crippen molar-refractivity contribution in [3.8, 4) is 0 Å². The van der Waals surface area contributed by atoms with Crippen molar-refractivity contribution in [2.75, 3.05) is 0 Å². The Kier molecular flexibility index (Phi) is 5.13. The highest BCUT2D eigenvalue weighted by molar-refractivity contribution is 8.76. The van der Waals surface area contributed by atoms with Crippen molar-refractivity contribution in [2.24, 2.45) is 11.5 Å². The first-order chi connectivity index (χ1) is 8.81. The molecule has 0 atom stereocenters. The van der Waals surface area contributed by atoms with Crippen molar-refractivity contribution in [2.45, 2.75) is 22.9 Å². The summed E-state index contributed by atoms with van der Waals surface area (Å²) in [6.07, 6.45) is 0. The van der Waals surface area contributed by atoms with Crippen molar-refractivity contribution in [3.05, 3.63) is 59.7 Å². The second-order valence-corrected chi connectivity index (χ2v) is 6.15. The fourth-order valence-corrected chi connectivity index (χ4v) is 3.60. The third kappa shape index (κ3) is 3.78. The summed E-state index contributed by atoms with van der Waals surface area (Å²) in [6.45, 7) is 1.17. The highest BCUT2D eigenvalue weighted by atomic mass is 33.1. The van der Waals surface area contributed by atoms with E-state index in [9.17, 15) is 0 Å². The van der Waals surface area contributed by atoms with Gasteiger partial charge in [-0.1, -0.05) is 45.9 Å². The summed E-state index contributed by atoms with van der Waals surface area (Å²) in [4.78, 5) is 2.45. The average molecular weight is 276 g/mol. The third-order valence-corrected chi connectivity index (χ3v) is 4.88. The normalized spacial score (nSPS) is 10.6. The van der Waals surface area contributed by atoms with Gasteiger partial charge in [-0.25, -0.2) is 0 Å². The molecule has 0 aromatic heterocycles. The Morgan fingerprint density at radius 1 is 0.722 bits per heavy atom. The lowest BCUT2D eigenvalue weighted by molar-refractivity contribution is 1.06. The quantitative estimate of drug-likeness (QED) is 0.822. The largest absolute Gasteiger partial charge is 0.326 e. The maximum absolute atomic E-state index is 5.63. The van der Waals surface area contributed by atoms with Crippen LogP contribution in [0.3, 0.4) is 0 Å². The monoisotopic (exact) mass is 276 g/mol. The van der Waals surface area contributed by atoms with E-state index < -0.39 is 0 Å². The number of benzene rings is 2. The van der Waals surface area contributed by atoms with Crippen LogP contribution >= 0.6 is 21.6 Å². The van der Waals surface area contributed by atoms with Gasteiger partial charge in [-0.2, -0.15) is 0 Å². The molecule has 0 fully saturated rings. The zero-order valence-corrected chi connectivity index (χ0v) is 11.6. The summed E-state index contributed by atoms with van der Waals surface area (Å²) in [6, 6.07) is 16.6. The zero-order chi connectivity index (χ0) is 12.8.